The van der Waals surface area contributed by atoms with Gasteiger partial charge in [0.2, 0.25) is 0 Å². The molecule has 14 heteroatoms. The minimum atomic E-state index is -3.72. The third-order valence-corrected chi connectivity index (χ3v) is 1.64. The van der Waals surface area contributed by atoms with Crippen molar-refractivity contribution >= 4 is 11.9 Å². The quantitative estimate of drug-likeness (QED) is 0.115. The van der Waals surface area contributed by atoms with Crippen LogP contribution in [-0.2, 0) is 19.1 Å². The maximum Gasteiger partial charge on any atom is 0.341 e. The van der Waals surface area contributed by atoms with E-state index in [0.717, 1.165) is 0 Å². The van der Waals surface area contributed by atoms with Crippen LogP contribution in [0.15, 0.2) is 12.2 Å². The average Bonchev–Trinajstić information content (AvgIpc) is 2.43. The predicted molar refractivity (Wildman–Crippen MR) is 70.2 cm³/mol. The zero-order valence-corrected chi connectivity index (χ0v) is 12.1. The second-order valence-corrected chi connectivity index (χ2v) is 3.86. The Hall–Kier alpha value is -1.72. The monoisotopic (exact) mass is 360 g/mol. The first-order chi connectivity index (χ1) is 10.8. The lowest BCUT2D eigenvalue weighted by atomic mass is 10.4. The van der Waals surface area contributed by atoms with Crippen LogP contribution in [0.1, 0.15) is 0 Å². The van der Waals surface area contributed by atoms with Gasteiger partial charge in [-0.15, -0.1) is 0 Å². The third kappa shape index (κ3) is 12.8. The maximum absolute atomic E-state index is 10.9. The normalized spacial score (nSPS) is 14.4. The zero-order valence-electron chi connectivity index (χ0n) is 12.1. The highest BCUT2D eigenvalue weighted by atomic mass is 16.8. The summed E-state index contributed by atoms with van der Waals surface area (Å²) < 4.78 is 7.60. The Morgan fingerprint density at radius 3 is 1.21 bits per heavy atom. The van der Waals surface area contributed by atoms with Crippen LogP contribution in [0, 0.1) is 0 Å². The number of rotatable bonds is 7. The van der Waals surface area contributed by atoms with E-state index < -0.39 is 36.5 Å². The molecule has 0 spiro atoms. The molecular formula is C10H20N2O12. The van der Waals surface area contributed by atoms with E-state index in [1.807, 2.05) is 0 Å². The topological polar surface area (TPSA) is 266 Å². The zero-order chi connectivity index (χ0) is 19.6. The number of nitrogens with two attached hydrogens (primary N) is 2. The van der Waals surface area contributed by atoms with Gasteiger partial charge in [0.25, 0.3) is 12.6 Å². The van der Waals surface area contributed by atoms with Gasteiger partial charge in [0.05, 0.1) is 0 Å². The molecule has 0 aliphatic heterocycles. The molecule has 0 radical (unpaired) electrons. The van der Waals surface area contributed by atoms with Gasteiger partial charge in [0, 0.05) is 25.2 Å². The number of carbonyl (C=O) groups excluding carboxylic acids is 2. The minimum absolute atomic E-state index is 0.262. The lowest BCUT2D eigenvalue weighted by molar-refractivity contribution is -0.396. The lowest BCUT2D eigenvalue weighted by Gasteiger charge is -2.20. The molecule has 0 amide bonds. The summed E-state index contributed by atoms with van der Waals surface area (Å²) in [7, 11) is 0. The van der Waals surface area contributed by atoms with E-state index in [0.29, 0.717) is 13.1 Å². The number of carbonyl (C=O) groups is 2. The third-order valence-electron chi connectivity index (χ3n) is 1.64. The van der Waals surface area contributed by atoms with Crippen LogP contribution in [0.2, 0.25) is 0 Å². The van der Waals surface area contributed by atoms with Crippen molar-refractivity contribution in [2.75, 3.05) is 13.1 Å². The van der Waals surface area contributed by atoms with Gasteiger partial charge >= 0.3 is 23.9 Å². The Balaban J connectivity index is 0. The molecule has 12 N–H and O–H groups in total. The van der Waals surface area contributed by atoms with Crippen LogP contribution in [0.3, 0.4) is 0 Å². The molecule has 0 aromatic heterocycles. The summed E-state index contributed by atoms with van der Waals surface area (Å²) in [5.41, 5.74) is 9.81. The fraction of sp³-hybridized carbons (Fsp3) is 0.600. The fourth-order valence-electron chi connectivity index (χ4n) is 0.593. The van der Waals surface area contributed by atoms with E-state index in [-0.39, 0.29) is 12.2 Å². The average molecular weight is 360 g/mol. The molecule has 0 rings (SSSR count). The fourth-order valence-corrected chi connectivity index (χ4v) is 0.593. The summed E-state index contributed by atoms with van der Waals surface area (Å²) in [6, 6.07) is 0. The molecule has 0 fully saturated rings. The van der Waals surface area contributed by atoms with Gasteiger partial charge in [0.15, 0.2) is 0 Å². The van der Waals surface area contributed by atoms with Gasteiger partial charge in [-0.1, -0.05) is 0 Å². The van der Waals surface area contributed by atoms with Crippen molar-refractivity contribution in [3.63, 3.8) is 0 Å². The Labute approximate surface area is 134 Å². The molecule has 0 heterocycles. The number of hydrogen-bond acceptors (Lipinski definition) is 14. The number of ether oxygens (including phenoxy) is 2. The van der Waals surface area contributed by atoms with Gasteiger partial charge in [-0.2, -0.15) is 0 Å². The largest absolute Gasteiger partial charge is 0.424 e. The van der Waals surface area contributed by atoms with Crippen molar-refractivity contribution in [3.8, 4) is 0 Å². The molecule has 24 heavy (non-hydrogen) atoms. The first-order valence-electron chi connectivity index (χ1n) is 5.95. The predicted octanol–water partition coefficient (Wildman–Crippen LogP) is -6.57. The molecule has 0 bridgehead atoms. The number of aliphatic hydroxyl groups excluding tert-OH is 2. The molecule has 14 nitrogen and oxygen atoms in total. The van der Waals surface area contributed by atoms with Gasteiger partial charge in [-0.05, 0) is 0 Å². The van der Waals surface area contributed by atoms with E-state index in [2.05, 4.69) is 9.47 Å². The maximum atomic E-state index is 10.9. The van der Waals surface area contributed by atoms with Crippen molar-refractivity contribution < 1.29 is 59.9 Å². The van der Waals surface area contributed by atoms with Crippen molar-refractivity contribution in [1.82, 2.24) is 0 Å². The van der Waals surface area contributed by atoms with Crippen molar-refractivity contribution in [2.45, 2.75) is 24.5 Å². The van der Waals surface area contributed by atoms with E-state index in [9.17, 15) is 9.59 Å². The van der Waals surface area contributed by atoms with Crippen molar-refractivity contribution in [2.24, 2.45) is 11.5 Å². The Bertz CT molecular complexity index is 375. The summed E-state index contributed by atoms with van der Waals surface area (Å²) in [5, 5.41) is 67.6. The van der Waals surface area contributed by atoms with Crippen LogP contribution in [0.5, 0.6) is 0 Å². The van der Waals surface area contributed by atoms with Gasteiger partial charge in [0.1, 0.15) is 0 Å². The number of hydrogen-bond donors (Lipinski definition) is 10. The Kier molecular flexibility index (Phi) is 11.2. The summed E-state index contributed by atoms with van der Waals surface area (Å²) >= 11 is 0. The number of aliphatic hydroxyl groups is 8. The van der Waals surface area contributed by atoms with Crippen LogP contribution >= 0.6 is 0 Å². The second kappa shape index (κ2) is 10.9. The summed E-state index contributed by atoms with van der Waals surface area (Å²) in [6.07, 6.45) is -4.95. The van der Waals surface area contributed by atoms with Crippen molar-refractivity contribution in [1.29, 1.82) is 0 Å². The smallest absolute Gasteiger partial charge is 0.341 e. The van der Waals surface area contributed by atoms with E-state index in [1.54, 1.807) is 0 Å². The molecule has 142 valence electrons. The first-order valence-corrected chi connectivity index (χ1v) is 5.95. The Morgan fingerprint density at radius 2 is 1.04 bits per heavy atom. The first kappa shape index (κ1) is 24.5. The van der Waals surface area contributed by atoms with Crippen molar-refractivity contribution in [3.05, 3.63) is 12.2 Å². The molecule has 2 atom stereocenters. The molecule has 2 unspecified atom stereocenters. The highest BCUT2D eigenvalue weighted by Gasteiger charge is 2.34. The summed E-state index contributed by atoms with van der Waals surface area (Å²) in [4.78, 5) is 21.7. The minimum Gasteiger partial charge on any atom is -0.424 e. The molecule has 0 saturated carbocycles. The molecule has 0 aromatic rings. The standard InChI is InChI=1S/C8H12O12.C2H8N2/c9-3(19-5(11)7(13,14)15)1-2-4(10)20-6(12)8(16,17)18;3-1-2-4/h1-2,5-6,11-18H;1-4H2/b2-1-;. The van der Waals surface area contributed by atoms with Crippen LogP contribution < -0.4 is 11.5 Å². The lowest BCUT2D eigenvalue weighted by Crippen LogP contribution is -2.44. The van der Waals surface area contributed by atoms with E-state index in [4.69, 9.17) is 52.3 Å². The van der Waals surface area contributed by atoms with Gasteiger partial charge in [-0.3, -0.25) is 0 Å². The highest BCUT2D eigenvalue weighted by molar-refractivity contribution is 5.91. The molecule has 0 aromatic carbocycles. The second-order valence-electron chi connectivity index (χ2n) is 3.86. The highest BCUT2D eigenvalue weighted by Crippen LogP contribution is 2.05. The SMILES string of the molecule is NCCN.O=C(/C=C\C(=O)OC(O)C(O)(O)O)OC(O)C(O)(O)O. The summed E-state index contributed by atoms with van der Waals surface area (Å²) in [6.45, 7) is 1.19. The van der Waals surface area contributed by atoms with Crippen LogP contribution in [-0.4, -0.2) is 90.4 Å². The van der Waals surface area contributed by atoms with Crippen LogP contribution in [0.4, 0.5) is 0 Å². The van der Waals surface area contributed by atoms with Gasteiger partial charge in [-0.25, -0.2) is 9.59 Å². The summed E-state index contributed by atoms with van der Waals surface area (Å²) in [5.74, 6) is -10.5. The molecular weight excluding hydrogens is 340 g/mol. The molecule has 0 aliphatic rings. The molecule has 0 aliphatic carbocycles. The number of esters is 2. The van der Waals surface area contributed by atoms with Crippen LogP contribution in [0.25, 0.3) is 0 Å². The Morgan fingerprint density at radius 1 is 0.792 bits per heavy atom. The van der Waals surface area contributed by atoms with E-state index in [1.165, 1.54) is 0 Å². The molecule has 0 saturated heterocycles. The van der Waals surface area contributed by atoms with Gasteiger partial charge < -0.3 is 61.8 Å². The van der Waals surface area contributed by atoms with E-state index >= 15 is 0 Å².